The Kier molecular flexibility index (Phi) is 4.34. The summed E-state index contributed by atoms with van der Waals surface area (Å²) in [6.07, 6.45) is 4.10. The zero-order chi connectivity index (χ0) is 9.68. The van der Waals surface area contributed by atoms with Gasteiger partial charge in [-0.1, -0.05) is 13.3 Å². The van der Waals surface area contributed by atoms with Crippen LogP contribution in [0.4, 0.5) is 0 Å². The minimum Gasteiger partial charge on any atom is -0.325 e. The van der Waals surface area contributed by atoms with E-state index in [0.717, 1.165) is 18.0 Å². The molecule has 0 unspecified atom stereocenters. The Morgan fingerprint density at radius 1 is 1.69 bits per heavy atom. The first kappa shape index (κ1) is 10.6. The van der Waals surface area contributed by atoms with E-state index in [1.165, 1.54) is 6.42 Å². The van der Waals surface area contributed by atoms with E-state index >= 15 is 0 Å². The van der Waals surface area contributed by atoms with Crippen molar-refractivity contribution in [2.75, 3.05) is 6.54 Å². The third-order valence-corrected chi connectivity index (χ3v) is 1.95. The number of hydrazine groups is 2. The molecule has 6 heteroatoms. The molecule has 0 aromatic carbocycles. The van der Waals surface area contributed by atoms with Gasteiger partial charge < -0.3 is 5.32 Å². The van der Waals surface area contributed by atoms with Crippen molar-refractivity contribution in [1.82, 2.24) is 21.3 Å². The fraction of sp³-hybridized carbons (Fsp3) is 0.571. The molecule has 0 fully saturated rings. The van der Waals surface area contributed by atoms with Gasteiger partial charge in [0.1, 0.15) is 0 Å². The lowest BCUT2D eigenvalue weighted by Crippen LogP contribution is -2.54. The standard InChI is InChI=1S/C7H14N4S2/c1-2-3-4-8-11-5-6(12)9-7(13)10-11/h5,8,12H,2-4H2,1H3,(H2,9,10,13). The highest BCUT2D eigenvalue weighted by Crippen LogP contribution is 2.00. The van der Waals surface area contributed by atoms with Gasteiger partial charge in [-0.3, -0.25) is 5.43 Å². The van der Waals surface area contributed by atoms with E-state index in [2.05, 4.69) is 35.7 Å². The summed E-state index contributed by atoms with van der Waals surface area (Å²) in [7, 11) is 0. The molecule has 0 radical (unpaired) electrons. The lowest BCUT2D eigenvalue weighted by molar-refractivity contribution is 0.223. The molecular weight excluding hydrogens is 204 g/mol. The van der Waals surface area contributed by atoms with Crippen molar-refractivity contribution < 1.29 is 0 Å². The highest BCUT2D eigenvalue weighted by atomic mass is 32.1. The highest BCUT2D eigenvalue weighted by molar-refractivity contribution is 7.84. The van der Waals surface area contributed by atoms with E-state index in [0.29, 0.717) is 5.11 Å². The van der Waals surface area contributed by atoms with Gasteiger partial charge in [-0.15, -0.1) is 12.6 Å². The molecule has 0 bridgehead atoms. The van der Waals surface area contributed by atoms with E-state index < -0.39 is 0 Å². The second kappa shape index (κ2) is 5.31. The van der Waals surface area contributed by atoms with Crippen molar-refractivity contribution in [3.8, 4) is 0 Å². The predicted molar refractivity (Wildman–Crippen MR) is 60.7 cm³/mol. The van der Waals surface area contributed by atoms with Gasteiger partial charge in [-0.2, -0.15) is 0 Å². The van der Waals surface area contributed by atoms with E-state index in [1.807, 2.05) is 0 Å². The Morgan fingerprint density at radius 2 is 2.46 bits per heavy atom. The number of thiol groups is 1. The van der Waals surface area contributed by atoms with Crippen LogP contribution in [-0.4, -0.2) is 16.8 Å². The lowest BCUT2D eigenvalue weighted by atomic mass is 10.3. The lowest BCUT2D eigenvalue weighted by Gasteiger charge is -2.28. The predicted octanol–water partition coefficient (Wildman–Crippen LogP) is 0.715. The maximum atomic E-state index is 4.95. The monoisotopic (exact) mass is 218 g/mol. The first-order chi connectivity index (χ1) is 6.22. The van der Waals surface area contributed by atoms with Gasteiger partial charge in [0.15, 0.2) is 5.11 Å². The molecule has 0 atom stereocenters. The molecule has 3 N–H and O–H groups in total. The maximum Gasteiger partial charge on any atom is 0.191 e. The molecule has 0 saturated heterocycles. The van der Waals surface area contributed by atoms with Crippen LogP contribution in [0.15, 0.2) is 11.2 Å². The summed E-state index contributed by atoms with van der Waals surface area (Å²) in [5.74, 6) is 0. The topological polar surface area (TPSA) is 39.3 Å². The molecular formula is C7H14N4S2. The van der Waals surface area contributed by atoms with Gasteiger partial charge in [0.25, 0.3) is 0 Å². The fourth-order valence-electron chi connectivity index (χ4n) is 0.902. The number of hydrogen-bond donors (Lipinski definition) is 4. The quantitative estimate of drug-likeness (QED) is 0.318. The van der Waals surface area contributed by atoms with Crippen molar-refractivity contribution in [2.45, 2.75) is 19.8 Å². The molecule has 0 amide bonds. The van der Waals surface area contributed by atoms with Crippen LogP contribution in [0.25, 0.3) is 0 Å². The summed E-state index contributed by atoms with van der Waals surface area (Å²) in [6, 6.07) is 0. The van der Waals surface area contributed by atoms with Crippen LogP contribution >= 0.6 is 24.8 Å². The number of nitrogens with zero attached hydrogens (tertiary/aromatic N) is 1. The van der Waals surface area contributed by atoms with E-state index in [-0.39, 0.29) is 0 Å². The van der Waals surface area contributed by atoms with Gasteiger partial charge in [0.2, 0.25) is 0 Å². The molecule has 0 aromatic rings. The molecule has 1 heterocycles. The third-order valence-electron chi connectivity index (χ3n) is 1.53. The average Bonchev–Trinajstić information content (AvgIpc) is 2.03. The van der Waals surface area contributed by atoms with Crippen molar-refractivity contribution in [2.24, 2.45) is 0 Å². The Bertz CT molecular complexity index is 217. The van der Waals surface area contributed by atoms with Crippen LogP contribution in [0.1, 0.15) is 19.8 Å². The van der Waals surface area contributed by atoms with Crippen LogP contribution in [0.2, 0.25) is 0 Å². The Labute approximate surface area is 89.1 Å². The zero-order valence-corrected chi connectivity index (χ0v) is 9.21. The van der Waals surface area contributed by atoms with Crippen molar-refractivity contribution in [3.63, 3.8) is 0 Å². The summed E-state index contributed by atoms with van der Waals surface area (Å²) in [6.45, 7) is 3.07. The highest BCUT2D eigenvalue weighted by Gasteiger charge is 2.08. The Balaban J connectivity index is 2.33. The summed E-state index contributed by atoms with van der Waals surface area (Å²) in [5, 5.41) is 5.86. The minimum absolute atomic E-state index is 0.552. The number of nitrogens with one attached hydrogen (secondary N) is 3. The minimum atomic E-state index is 0.552. The molecule has 74 valence electrons. The third kappa shape index (κ3) is 3.84. The first-order valence-electron chi connectivity index (χ1n) is 4.23. The van der Waals surface area contributed by atoms with Gasteiger partial charge >= 0.3 is 0 Å². The van der Waals surface area contributed by atoms with E-state index in [1.54, 1.807) is 11.3 Å². The molecule has 1 aliphatic heterocycles. The van der Waals surface area contributed by atoms with Crippen molar-refractivity contribution in [3.05, 3.63) is 11.2 Å². The van der Waals surface area contributed by atoms with Crippen LogP contribution in [-0.2, 0) is 0 Å². The van der Waals surface area contributed by atoms with Gasteiger partial charge in [-0.25, -0.2) is 10.5 Å². The molecule has 0 aromatic heterocycles. The normalized spacial score (nSPS) is 16.3. The van der Waals surface area contributed by atoms with Gasteiger partial charge in [-0.05, 0) is 18.6 Å². The molecule has 1 aliphatic rings. The van der Waals surface area contributed by atoms with E-state index in [4.69, 9.17) is 12.2 Å². The smallest absolute Gasteiger partial charge is 0.191 e. The zero-order valence-electron chi connectivity index (χ0n) is 7.50. The Morgan fingerprint density at radius 3 is 3.08 bits per heavy atom. The van der Waals surface area contributed by atoms with Gasteiger partial charge in [0.05, 0.1) is 11.2 Å². The number of hydrogen-bond acceptors (Lipinski definition) is 4. The molecule has 1 rings (SSSR count). The molecule has 4 nitrogen and oxygen atoms in total. The van der Waals surface area contributed by atoms with Crippen LogP contribution < -0.4 is 16.2 Å². The molecule has 0 spiro atoms. The fourth-order valence-corrected chi connectivity index (χ4v) is 1.41. The van der Waals surface area contributed by atoms with Crippen LogP contribution in [0.3, 0.4) is 0 Å². The maximum absolute atomic E-state index is 4.95. The molecule has 0 saturated carbocycles. The average molecular weight is 218 g/mol. The molecule has 13 heavy (non-hydrogen) atoms. The summed E-state index contributed by atoms with van der Waals surface area (Å²) in [4.78, 5) is 0. The SMILES string of the molecule is CCCCNN1C=C(S)NC(=S)N1. The van der Waals surface area contributed by atoms with E-state index in [9.17, 15) is 0 Å². The number of unbranched alkanes of at least 4 members (excludes halogenated alkanes) is 1. The summed E-state index contributed by atoms with van der Waals surface area (Å²) < 4.78 is 0. The largest absolute Gasteiger partial charge is 0.325 e. The number of rotatable bonds is 4. The van der Waals surface area contributed by atoms with Gasteiger partial charge in [0, 0.05) is 6.54 Å². The van der Waals surface area contributed by atoms with Crippen molar-refractivity contribution in [1.29, 1.82) is 0 Å². The van der Waals surface area contributed by atoms with Crippen LogP contribution in [0, 0.1) is 0 Å². The summed E-state index contributed by atoms with van der Waals surface area (Å²) >= 11 is 9.11. The Hall–Kier alpha value is -0.460. The summed E-state index contributed by atoms with van der Waals surface area (Å²) in [5.41, 5.74) is 6.08. The molecule has 0 aliphatic carbocycles. The number of thiocarbonyl (C=S) groups is 1. The second-order valence-electron chi connectivity index (χ2n) is 2.71. The van der Waals surface area contributed by atoms with Crippen LogP contribution in [0.5, 0.6) is 0 Å². The first-order valence-corrected chi connectivity index (χ1v) is 5.09. The van der Waals surface area contributed by atoms with Crippen molar-refractivity contribution >= 4 is 30.0 Å². The second-order valence-corrected chi connectivity index (χ2v) is 3.60.